The normalized spacial score (nSPS) is 20.4. The van der Waals surface area contributed by atoms with Crippen LogP contribution in [-0.2, 0) is 10.2 Å². The van der Waals surface area contributed by atoms with E-state index in [4.69, 9.17) is 0 Å². The molecule has 2 aromatic carbocycles. The predicted octanol–water partition coefficient (Wildman–Crippen LogP) is 4.34. The number of fused-ring (bicyclic) bond motifs is 1. The van der Waals surface area contributed by atoms with E-state index >= 15 is 0 Å². The Balaban J connectivity index is 2.27. The highest BCUT2D eigenvalue weighted by Gasteiger charge is 2.47. The highest BCUT2D eigenvalue weighted by molar-refractivity contribution is 5.95. The first-order chi connectivity index (χ1) is 13.0. The maximum Gasteiger partial charge on any atom is 0.269 e. The minimum atomic E-state index is -0.661. The quantitative estimate of drug-likeness (QED) is 0.579. The zero-order valence-electron chi connectivity index (χ0n) is 16.1. The second-order valence-electron chi connectivity index (χ2n) is 7.94. The van der Waals surface area contributed by atoms with Crippen molar-refractivity contribution in [1.82, 2.24) is 0 Å². The summed E-state index contributed by atoms with van der Waals surface area (Å²) in [5, 5.41) is 22.3. The summed E-state index contributed by atoms with van der Waals surface area (Å²) in [6.45, 7) is 7.32. The Hall–Kier alpha value is -3.29. The van der Waals surface area contributed by atoms with Crippen molar-refractivity contribution in [3.63, 3.8) is 0 Å². The van der Waals surface area contributed by atoms with Crippen molar-refractivity contribution in [2.75, 3.05) is 4.90 Å². The van der Waals surface area contributed by atoms with Crippen LogP contribution in [0, 0.1) is 20.2 Å². The Kier molecular flexibility index (Phi) is 4.45. The molecule has 0 bridgehead atoms. The number of amides is 1. The molecule has 1 atom stereocenters. The minimum Gasteiger partial charge on any atom is -0.307 e. The molecule has 0 saturated carbocycles. The molecule has 8 heteroatoms. The lowest BCUT2D eigenvalue weighted by Gasteiger charge is -2.51. The van der Waals surface area contributed by atoms with E-state index in [2.05, 4.69) is 0 Å². The van der Waals surface area contributed by atoms with Gasteiger partial charge in [0.15, 0.2) is 0 Å². The first-order valence-electron chi connectivity index (χ1n) is 8.82. The summed E-state index contributed by atoms with van der Waals surface area (Å²) in [6.07, 6.45) is 0.506. The van der Waals surface area contributed by atoms with Crippen LogP contribution in [0.25, 0.3) is 0 Å². The molecular weight excluding hydrogens is 362 g/mol. The summed E-state index contributed by atoms with van der Waals surface area (Å²) < 4.78 is 0. The van der Waals surface area contributed by atoms with Crippen molar-refractivity contribution >= 4 is 23.0 Å². The van der Waals surface area contributed by atoms with Crippen LogP contribution in [0.2, 0.25) is 0 Å². The first-order valence-corrected chi connectivity index (χ1v) is 8.82. The highest BCUT2D eigenvalue weighted by Crippen LogP contribution is 2.51. The molecule has 0 radical (unpaired) electrons. The monoisotopic (exact) mass is 383 g/mol. The number of benzene rings is 2. The Morgan fingerprint density at radius 3 is 2.00 bits per heavy atom. The lowest BCUT2D eigenvalue weighted by Crippen LogP contribution is -2.55. The fraction of sp³-hybridized carbons (Fsp3) is 0.350. The van der Waals surface area contributed by atoms with Gasteiger partial charge in [0.2, 0.25) is 5.91 Å². The molecule has 0 fully saturated rings. The van der Waals surface area contributed by atoms with Gasteiger partial charge in [-0.05, 0) is 37.5 Å². The smallest absolute Gasteiger partial charge is 0.269 e. The molecule has 146 valence electrons. The van der Waals surface area contributed by atoms with Gasteiger partial charge in [-0.2, -0.15) is 0 Å². The van der Waals surface area contributed by atoms with Gasteiger partial charge >= 0.3 is 0 Å². The van der Waals surface area contributed by atoms with Crippen LogP contribution < -0.4 is 4.90 Å². The van der Waals surface area contributed by atoms with Gasteiger partial charge < -0.3 is 4.90 Å². The van der Waals surface area contributed by atoms with Gasteiger partial charge in [0.05, 0.1) is 9.85 Å². The zero-order chi connectivity index (χ0) is 20.9. The summed E-state index contributed by atoms with van der Waals surface area (Å²) in [6, 6.07) is 10.7. The third-order valence-corrected chi connectivity index (χ3v) is 5.45. The third kappa shape index (κ3) is 3.00. The Labute approximate surface area is 162 Å². The first kappa shape index (κ1) is 19.5. The molecular formula is C20H21N3O5. The molecule has 0 aliphatic carbocycles. The highest BCUT2D eigenvalue weighted by atomic mass is 16.6. The molecule has 1 amide bonds. The average Bonchev–Trinajstić information content (AvgIpc) is 2.60. The molecule has 0 aromatic heterocycles. The summed E-state index contributed by atoms with van der Waals surface area (Å²) in [5.41, 5.74) is 0.788. The van der Waals surface area contributed by atoms with E-state index in [9.17, 15) is 25.0 Å². The molecule has 3 rings (SSSR count). The number of rotatable bonds is 3. The van der Waals surface area contributed by atoms with Gasteiger partial charge in [0.25, 0.3) is 11.4 Å². The molecule has 0 unspecified atom stereocenters. The van der Waals surface area contributed by atoms with Crippen LogP contribution >= 0.6 is 0 Å². The average molecular weight is 383 g/mol. The van der Waals surface area contributed by atoms with Crippen LogP contribution in [-0.4, -0.2) is 21.3 Å². The predicted molar refractivity (Wildman–Crippen MR) is 105 cm³/mol. The summed E-state index contributed by atoms with van der Waals surface area (Å²) in [7, 11) is 0. The van der Waals surface area contributed by atoms with Crippen molar-refractivity contribution < 1.29 is 14.6 Å². The topological polar surface area (TPSA) is 107 Å². The van der Waals surface area contributed by atoms with Crippen molar-refractivity contribution in [1.29, 1.82) is 0 Å². The fourth-order valence-electron chi connectivity index (χ4n) is 4.44. The molecule has 0 N–H and O–H groups in total. The number of nitro groups is 2. The van der Waals surface area contributed by atoms with Crippen molar-refractivity contribution in [2.24, 2.45) is 0 Å². The second-order valence-corrected chi connectivity index (χ2v) is 7.94. The van der Waals surface area contributed by atoms with Gasteiger partial charge in [-0.3, -0.25) is 25.0 Å². The van der Waals surface area contributed by atoms with Crippen molar-refractivity contribution in [3.05, 3.63) is 73.8 Å². The Morgan fingerprint density at radius 1 is 0.964 bits per heavy atom. The van der Waals surface area contributed by atoms with E-state index in [0.717, 1.165) is 5.56 Å². The molecule has 0 spiro atoms. The van der Waals surface area contributed by atoms with E-state index in [1.807, 2.05) is 20.8 Å². The van der Waals surface area contributed by atoms with E-state index in [1.165, 1.54) is 31.2 Å². The molecule has 8 nitrogen and oxygen atoms in total. The molecule has 2 aromatic rings. The Bertz CT molecular complexity index is 984. The van der Waals surface area contributed by atoms with Crippen molar-refractivity contribution in [3.8, 4) is 0 Å². The fourth-order valence-corrected chi connectivity index (χ4v) is 4.44. The number of nitrogens with zero attached hydrogens (tertiary/aromatic N) is 3. The number of carbonyl (C=O) groups excluding carboxylic acids is 1. The summed E-state index contributed by atoms with van der Waals surface area (Å²) in [5.74, 6) is -0.147. The molecule has 1 heterocycles. The SMILES string of the molecule is CC(=O)N1c2ccc([N+](=O)[O-])cc2[C@@](C)(c2ccc([N+](=O)[O-])cc2)CC1(C)C. The lowest BCUT2D eigenvalue weighted by atomic mass is 9.65. The number of hydrogen-bond donors (Lipinski definition) is 0. The van der Waals surface area contributed by atoms with Crippen LogP contribution in [0.3, 0.4) is 0 Å². The van der Waals surface area contributed by atoms with Gasteiger partial charge in [0, 0.05) is 47.8 Å². The van der Waals surface area contributed by atoms with Crippen molar-refractivity contribution in [2.45, 2.75) is 45.1 Å². The van der Waals surface area contributed by atoms with E-state index < -0.39 is 20.8 Å². The number of anilines is 1. The zero-order valence-corrected chi connectivity index (χ0v) is 16.1. The van der Waals surface area contributed by atoms with Gasteiger partial charge in [0.1, 0.15) is 0 Å². The number of nitro benzene ring substituents is 2. The van der Waals surface area contributed by atoms with Crippen LogP contribution in [0.1, 0.15) is 45.2 Å². The Morgan fingerprint density at radius 2 is 1.50 bits per heavy atom. The van der Waals surface area contributed by atoms with E-state index in [0.29, 0.717) is 17.7 Å². The summed E-state index contributed by atoms with van der Waals surface area (Å²) >= 11 is 0. The van der Waals surface area contributed by atoms with Gasteiger partial charge in [-0.15, -0.1) is 0 Å². The standard InChI is InChI=1S/C20H21N3O5/c1-13(24)21-18-10-9-16(23(27)28)11-17(18)20(4,12-19(21,2)3)14-5-7-15(8-6-14)22(25)26/h5-11H,12H2,1-4H3/t20-/m1/s1. The maximum atomic E-state index is 12.4. The summed E-state index contributed by atoms with van der Waals surface area (Å²) in [4.78, 5) is 35.5. The minimum absolute atomic E-state index is 0.0213. The number of non-ortho nitro benzene ring substituents is 2. The molecule has 0 saturated heterocycles. The molecule has 1 aliphatic heterocycles. The largest absolute Gasteiger partial charge is 0.307 e. The van der Waals surface area contributed by atoms with Crippen LogP contribution in [0.15, 0.2) is 42.5 Å². The van der Waals surface area contributed by atoms with Crippen LogP contribution in [0.4, 0.5) is 17.1 Å². The third-order valence-electron chi connectivity index (χ3n) is 5.45. The van der Waals surface area contributed by atoms with E-state index in [-0.39, 0.29) is 17.3 Å². The number of hydrogen-bond acceptors (Lipinski definition) is 5. The molecule has 1 aliphatic rings. The van der Waals surface area contributed by atoms with Gasteiger partial charge in [-0.25, -0.2) is 0 Å². The van der Waals surface area contributed by atoms with Crippen LogP contribution in [0.5, 0.6) is 0 Å². The lowest BCUT2D eigenvalue weighted by molar-refractivity contribution is -0.385. The van der Waals surface area contributed by atoms with E-state index in [1.54, 1.807) is 23.1 Å². The van der Waals surface area contributed by atoms with Gasteiger partial charge in [-0.1, -0.05) is 19.1 Å². The maximum absolute atomic E-state index is 12.4. The second kappa shape index (κ2) is 6.40. The molecule has 28 heavy (non-hydrogen) atoms. The number of carbonyl (C=O) groups is 1.